The second-order valence-electron chi connectivity index (χ2n) is 9.35. The fourth-order valence-corrected chi connectivity index (χ4v) is 5.28. The van der Waals surface area contributed by atoms with Crippen LogP contribution in [-0.4, -0.2) is 56.6 Å². The van der Waals surface area contributed by atoms with Gasteiger partial charge < -0.3 is 24.4 Å². The lowest BCUT2D eigenvalue weighted by Gasteiger charge is -2.28. The molecule has 0 radical (unpaired) electrons. The summed E-state index contributed by atoms with van der Waals surface area (Å²) < 4.78 is 17.6. The van der Waals surface area contributed by atoms with Crippen LogP contribution >= 0.6 is 11.3 Å². The van der Waals surface area contributed by atoms with Gasteiger partial charge in [0.15, 0.2) is 11.5 Å². The van der Waals surface area contributed by atoms with Crippen molar-refractivity contribution >= 4 is 39.9 Å². The Labute approximate surface area is 239 Å². The molecule has 0 saturated heterocycles. The van der Waals surface area contributed by atoms with Crippen LogP contribution in [0.3, 0.4) is 0 Å². The Hall–Kier alpha value is -4.97. The fraction of sp³-hybridized carbons (Fsp3) is 0.207. The Kier molecular flexibility index (Phi) is 7.21. The Bertz CT molecular complexity index is 1720. The highest BCUT2D eigenvalue weighted by atomic mass is 32.1. The summed E-state index contributed by atoms with van der Waals surface area (Å²) in [6.45, 7) is 1.88. The molecule has 0 fully saturated rings. The molecule has 1 atom stereocenters. The number of hydrogen-bond acceptors (Lipinski definition) is 9. The van der Waals surface area contributed by atoms with Gasteiger partial charge in [0.2, 0.25) is 18.6 Å². The van der Waals surface area contributed by atoms with Crippen LogP contribution in [0.5, 0.6) is 17.2 Å². The average Bonchev–Trinajstić information content (AvgIpc) is 3.76. The lowest BCUT2D eigenvalue weighted by molar-refractivity contribution is -0.139. The smallest absolute Gasteiger partial charge is 0.246 e. The van der Waals surface area contributed by atoms with Crippen LogP contribution in [0.15, 0.2) is 72.1 Å². The summed E-state index contributed by atoms with van der Waals surface area (Å²) in [5.41, 5.74) is 3.66. The molecule has 12 heteroatoms. The molecule has 0 saturated carbocycles. The number of nitrogens with one attached hydrogen (secondary N) is 1. The number of methoxy groups -OCH3 is 1. The predicted molar refractivity (Wildman–Crippen MR) is 153 cm³/mol. The molecule has 2 aromatic heterocycles. The first-order chi connectivity index (χ1) is 20.0. The van der Waals surface area contributed by atoms with Gasteiger partial charge in [-0.3, -0.25) is 9.59 Å². The summed E-state index contributed by atoms with van der Waals surface area (Å²) in [7, 11) is 1.62. The Morgan fingerprint density at radius 3 is 2.73 bits per heavy atom. The molecule has 1 N–H and O–H groups in total. The highest BCUT2D eigenvalue weighted by molar-refractivity contribution is 7.09. The molecule has 2 amide bonds. The summed E-state index contributed by atoms with van der Waals surface area (Å²) in [5.74, 6) is 1.27. The molecule has 208 valence electrons. The third kappa shape index (κ3) is 5.54. The van der Waals surface area contributed by atoms with E-state index in [1.165, 1.54) is 20.9 Å². The molecular weight excluding hydrogens is 544 g/mol. The molecule has 41 heavy (non-hydrogen) atoms. The van der Waals surface area contributed by atoms with Gasteiger partial charge in [-0.15, -0.1) is 16.4 Å². The van der Waals surface area contributed by atoms with E-state index in [9.17, 15) is 9.59 Å². The number of carbonyl (C=O) groups is 2. The second-order valence-corrected chi connectivity index (χ2v) is 10.3. The molecule has 1 aliphatic rings. The number of aromatic nitrogens is 4. The topological polar surface area (TPSA) is 121 Å². The first-order valence-corrected chi connectivity index (χ1v) is 13.7. The molecule has 0 aliphatic carbocycles. The minimum Gasteiger partial charge on any atom is -0.497 e. The molecule has 1 aliphatic heterocycles. The van der Waals surface area contributed by atoms with Gasteiger partial charge in [-0.25, -0.2) is 9.67 Å². The summed E-state index contributed by atoms with van der Waals surface area (Å²) in [6, 6.07) is 19.3. The van der Waals surface area contributed by atoms with E-state index in [1.54, 1.807) is 32.2 Å². The zero-order chi connectivity index (χ0) is 28.3. The van der Waals surface area contributed by atoms with Crippen molar-refractivity contribution in [3.63, 3.8) is 0 Å². The van der Waals surface area contributed by atoms with Crippen molar-refractivity contribution in [2.75, 3.05) is 19.2 Å². The maximum Gasteiger partial charge on any atom is 0.246 e. The van der Waals surface area contributed by atoms with E-state index in [-0.39, 0.29) is 31.7 Å². The van der Waals surface area contributed by atoms with E-state index < -0.39 is 6.04 Å². The maximum absolute atomic E-state index is 13.7. The van der Waals surface area contributed by atoms with Crippen molar-refractivity contribution in [3.8, 4) is 28.5 Å². The highest BCUT2D eigenvalue weighted by Gasteiger charge is 2.28. The summed E-state index contributed by atoms with van der Waals surface area (Å²) in [5, 5.41) is 13.8. The lowest BCUT2D eigenvalue weighted by atomic mass is 10.2. The van der Waals surface area contributed by atoms with Gasteiger partial charge in [0.25, 0.3) is 0 Å². The second kappa shape index (κ2) is 11.3. The molecule has 3 aromatic carbocycles. The zero-order valence-electron chi connectivity index (χ0n) is 22.3. The van der Waals surface area contributed by atoms with E-state index in [0.717, 1.165) is 22.5 Å². The van der Waals surface area contributed by atoms with Gasteiger partial charge >= 0.3 is 0 Å². The number of fused-ring (bicyclic) bond motifs is 2. The third-order valence-electron chi connectivity index (χ3n) is 6.76. The number of rotatable bonds is 9. The van der Waals surface area contributed by atoms with Crippen LogP contribution in [0.4, 0.5) is 5.69 Å². The fourth-order valence-electron chi connectivity index (χ4n) is 4.48. The molecule has 6 rings (SSSR count). The van der Waals surface area contributed by atoms with E-state index in [2.05, 4.69) is 15.6 Å². The minimum absolute atomic E-state index is 0.0845. The van der Waals surface area contributed by atoms with E-state index in [4.69, 9.17) is 19.2 Å². The van der Waals surface area contributed by atoms with Crippen LogP contribution in [0, 0.1) is 0 Å². The van der Waals surface area contributed by atoms with Crippen molar-refractivity contribution in [1.82, 2.24) is 24.9 Å². The van der Waals surface area contributed by atoms with Gasteiger partial charge in [-0.1, -0.05) is 17.3 Å². The summed E-state index contributed by atoms with van der Waals surface area (Å²) in [4.78, 5) is 33.4. The number of anilines is 1. The number of carbonyl (C=O) groups excluding carboxylic acids is 2. The van der Waals surface area contributed by atoms with Crippen molar-refractivity contribution in [2.45, 2.75) is 26.1 Å². The van der Waals surface area contributed by atoms with Gasteiger partial charge in [0.1, 0.15) is 28.9 Å². The van der Waals surface area contributed by atoms with Crippen molar-refractivity contribution in [3.05, 3.63) is 77.1 Å². The quantitative estimate of drug-likeness (QED) is 0.278. The summed E-state index contributed by atoms with van der Waals surface area (Å²) >= 11 is 1.42. The highest BCUT2D eigenvalue weighted by Crippen LogP contribution is 2.34. The van der Waals surface area contributed by atoms with Crippen LogP contribution in [0.25, 0.3) is 22.3 Å². The van der Waals surface area contributed by atoms with Crippen LogP contribution < -0.4 is 19.5 Å². The van der Waals surface area contributed by atoms with Gasteiger partial charge in [-0.05, 0) is 55.5 Å². The predicted octanol–water partition coefficient (Wildman–Crippen LogP) is 4.35. The molecular formula is C29H26N6O5S. The number of ether oxygens (including phenoxy) is 3. The third-order valence-corrected chi connectivity index (χ3v) is 7.59. The van der Waals surface area contributed by atoms with Crippen LogP contribution in [0.2, 0.25) is 0 Å². The van der Waals surface area contributed by atoms with Crippen LogP contribution in [0.1, 0.15) is 11.9 Å². The monoisotopic (exact) mass is 570 g/mol. The van der Waals surface area contributed by atoms with Gasteiger partial charge in [-0.2, -0.15) is 0 Å². The Balaban J connectivity index is 1.24. The molecule has 0 bridgehead atoms. The van der Waals surface area contributed by atoms with E-state index >= 15 is 0 Å². The van der Waals surface area contributed by atoms with E-state index in [1.807, 2.05) is 53.9 Å². The number of hydrogen-bond donors (Lipinski definition) is 1. The first kappa shape index (κ1) is 26.3. The van der Waals surface area contributed by atoms with Gasteiger partial charge in [0, 0.05) is 22.7 Å². The SMILES string of the molecule is COc1ccc(-c2csc(CN(C(=O)Cn3nnc4ccccc43)C(C)C(=O)Nc3ccc4c(c3)OCO4)n2)cc1. The van der Waals surface area contributed by atoms with E-state index in [0.29, 0.717) is 27.7 Å². The van der Waals surface area contributed by atoms with Crippen molar-refractivity contribution in [1.29, 1.82) is 0 Å². The van der Waals surface area contributed by atoms with Crippen molar-refractivity contribution in [2.24, 2.45) is 0 Å². The average molecular weight is 571 g/mol. The minimum atomic E-state index is -0.823. The molecule has 3 heterocycles. The molecule has 1 unspecified atom stereocenters. The normalized spacial score (nSPS) is 12.7. The molecule has 0 spiro atoms. The summed E-state index contributed by atoms with van der Waals surface area (Å²) in [6.07, 6.45) is 0. The number of benzene rings is 3. The zero-order valence-corrected chi connectivity index (χ0v) is 23.1. The number of amides is 2. The maximum atomic E-state index is 13.7. The number of para-hydroxylation sites is 1. The van der Waals surface area contributed by atoms with Crippen molar-refractivity contribution < 1.29 is 23.8 Å². The Morgan fingerprint density at radius 1 is 1.10 bits per heavy atom. The number of nitrogens with zero attached hydrogens (tertiary/aromatic N) is 5. The first-order valence-electron chi connectivity index (χ1n) is 12.9. The number of thiazole rings is 1. The standard InChI is InChI=1S/C29H26N6O5S/c1-18(29(37)30-20-9-12-25-26(13-20)40-17-39-25)34(28(36)15-35-24-6-4-3-5-22(24)32-33-35)14-27-31-23(16-41-27)19-7-10-21(38-2)11-8-19/h3-13,16,18H,14-15,17H2,1-2H3,(H,30,37). The Morgan fingerprint density at radius 2 is 1.90 bits per heavy atom. The largest absolute Gasteiger partial charge is 0.497 e. The molecule has 11 nitrogen and oxygen atoms in total. The van der Waals surface area contributed by atoms with Gasteiger partial charge in [0.05, 0.1) is 24.9 Å². The molecule has 5 aromatic rings. The lowest BCUT2D eigenvalue weighted by Crippen LogP contribution is -2.46. The van der Waals surface area contributed by atoms with Crippen LogP contribution in [-0.2, 0) is 22.7 Å².